The summed E-state index contributed by atoms with van der Waals surface area (Å²) in [5.74, 6) is -0.835. The van der Waals surface area contributed by atoms with E-state index in [1.54, 1.807) is 28.0 Å². The minimum absolute atomic E-state index is 0.00674. The van der Waals surface area contributed by atoms with Crippen LogP contribution in [0.15, 0.2) is 62.0 Å². The third-order valence-corrected chi connectivity index (χ3v) is 8.55. The van der Waals surface area contributed by atoms with Crippen molar-refractivity contribution in [2.24, 2.45) is 5.10 Å². The van der Waals surface area contributed by atoms with E-state index in [9.17, 15) is 14.0 Å². The minimum atomic E-state index is -0.441. The molecule has 36 heavy (non-hydrogen) atoms. The molecule has 2 heterocycles. The predicted octanol–water partition coefficient (Wildman–Crippen LogP) is 5.78. The molecule has 10 heteroatoms. The fourth-order valence-electron chi connectivity index (χ4n) is 4.15. The van der Waals surface area contributed by atoms with E-state index in [-0.39, 0.29) is 22.8 Å². The molecular weight excluding hydrogens is 563 g/mol. The van der Waals surface area contributed by atoms with E-state index in [0.717, 1.165) is 41.6 Å². The van der Waals surface area contributed by atoms with Gasteiger partial charge in [0.15, 0.2) is 5.16 Å². The number of halogens is 2. The normalized spacial score (nSPS) is 13.3. The topological polar surface area (TPSA) is 76.3 Å². The number of thioether (sulfide) groups is 1. The van der Waals surface area contributed by atoms with Gasteiger partial charge in [0, 0.05) is 14.9 Å². The lowest BCUT2D eigenvalue weighted by atomic mass is 9.97. The first-order valence-corrected chi connectivity index (χ1v) is 14.0. The first kappa shape index (κ1) is 24.9. The molecule has 0 radical (unpaired) electrons. The third kappa shape index (κ3) is 5.16. The Bertz CT molecular complexity index is 1550. The number of fused-ring (bicyclic) bond motifs is 3. The second kappa shape index (κ2) is 10.7. The number of hydrogen-bond donors (Lipinski definition) is 1. The van der Waals surface area contributed by atoms with Crippen LogP contribution in [0.25, 0.3) is 15.9 Å². The zero-order chi connectivity index (χ0) is 25.2. The summed E-state index contributed by atoms with van der Waals surface area (Å²) < 4.78 is 16.2. The summed E-state index contributed by atoms with van der Waals surface area (Å²) >= 11 is 6.04. The molecule has 1 aliphatic carbocycles. The molecular formula is C26H22BrFN4O2S2. The van der Waals surface area contributed by atoms with Crippen LogP contribution in [0.3, 0.4) is 0 Å². The van der Waals surface area contributed by atoms with Crippen LogP contribution >= 0.6 is 39.0 Å². The summed E-state index contributed by atoms with van der Waals surface area (Å²) in [6.07, 6.45) is 5.32. The maximum atomic E-state index is 13.9. The number of amides is 1. The van der Waals surface area contributed by atoms with E-state index >= 15 is 0 Å². The van der Waals surface area contributed by atoms with Crippen molar-refractivity contribution in [3.63, 3.8) is 0 Å². The van der Waals surface area contributed by atoms with Gasteiger partial charge in [-0.05, 0) is 68.5 Å². The van der Waals surface area contributed by atoms with Crippen molar-refractivity contribution < 1.29 is 9.18 Å². The van der Waals surface area contributed by atoms with Gasteiger partial charge in [0.2, 0.25) is 0 Å². The van der Waals surface area contributed by atoms with E-state index in [2.05, 4.69) is 26.5 Å². The molecule has 2 aromatic heterocycles. The monoisotopic (exact) mass is 584 g/mol. The average Bonchev–Trinajstić information content (AvgIpc) is 3.24. The molecule has 4 aromatic rings. The minimum Gasteiger partial charge on any atom is -0.272 e. The van der Waals surface area contributed by atoms with Crippen LogP contribution in [0, 0.1) is 12.7 Å². The highest BCUT2D eigenvalue weighted by Crippen LogP contribution is 2.35. The zero-order valence-electron chi connectivity index (χ0n) is 19.4. The number of nitrogens with zero attached hydrogens (tertiary/aromatic N) is 3. The van der Waals surface area contributed by atoms with Crippen molar-refractivity contribution in [1.82, 2.24) is 15.0 Å². The Hall–Kier alpha value is -2.82. The highest BCUT2D eigenvalue weighted by atomic mass is 79.9. The van der Waals surface area contributed by atoms with Crippen molar-refractivity contribution >= 4 is 61.4 Å². The number of carbonyl (C=O) groups excluding carboxylic acids is 1. The number of aromatic nitrogens is 2. The fraction of sp³-hybridized carbons (Fsp3) is 0.231. The summed E-state index contributed by atoms with van der Waals surface area (Å²) in [6.45, 7) is 1.99. The van der Waals surface area contributed by atoms with Crippen LogP contribution in [0.4, 0.5) is 4.39 Å². The molecule has 5 rings (SSSR count). The van der Waals surface area contributed by atoms with Gasteiger partial charge in [-0.15, -0.1) is 11.3 Å². The number of hydrazone groups is 1. The Morgan fingerprint density at radius 3 is 2.83 bits per heavy atom. The maximum absolute atomic E-state index is 13.9. The van der Waals surface area contributed by atoms with Crippen LogP contribution < -0.4 is 11.0 Å². The molecule has 1 amide bonds. The highest BCUT2D eigenvalue weighted by Gasteiger charge is 2.23. The van der Waals surface area contributed by atoms with Gasteiger partial charge in [-0.1, -0.05) is 45.4 Å². The highest BCUT2D eigenvalue weighted by molar-refractivity contribution is 9.10. The van der Waals surface area contributed by atoms with Crippen molar-refractivity contribution in [1.29, 1.82) is 0 Å². The molecule has 1 N–H and O–H groups in total. The van der Waals surface area contributed by atoms with Crippen molar-refractivity contribution in [2.75, 3.05) is 5.75 Å². The molecule has 0 aliphatic heterocycles. The van der Waals surface area contributed by atoms with Crippen molar-refractivity contribution in [2.45, 2.75) is 37.8 Å². The van der Waals surface area contributed by atoms with Crippen LogP contribution in [0.2, 0.25) is 0 Å². The number of nitrogens with one attached hydrogen (secondary N) is 1. The smallest absolute Gasteiger partial charge is 0.267 e. The molecule has 0 unspecified atom stereocenters. The van der Waals surface area contributed by atoms with Gasteiger partial charge in [0.1, 0.15) is 10.6 Å². The summed E-state index contributed by atoms with van der Waals surface area (Å²) in [4.78, 5) is 33.0. The van der Waals surface area contributed by atoms with Gasteiger partial charge in [-0.2, -0.15) is 5.10 Å². The molecule has 6 nitrogen and oxygen atoms in total. The Kier molecular flexibility index (Phi) is 7.36. The summed E-state index contributed by atoms with van der Waals surface area (Å²) in [5, 5.41) is 5.02. The Labute approximate surface area is 223 Å². The molecule has 0 atom stereocenters. The van der Waals surface area contributed by atoms with Gasteiger partial charge < -0.3 is 0 Å². The van der Waals surface area contributed by atoms with Crippen molar-refractivity contribution in [3.8, 4) is 5.69 Å². The Morgan fingerprint density at radius 2 is 2.03 bits per heavy atom. The van der Waals surface area contributed by atoms with E-state index in [1.165, 1.54) is 28.9 Å². The third-order valence-electron chi connectivity index (χ3n) is 5.93. The fourth-order valence-corrected chi connectivity index (χ4v) is 6.64. The second-order valence-electron chi connectivity index (χ2n) is 8.51. The number of thiophene rings is 1. The molecule has 0 bridgehead atoms. The number of rotatable bonds is 6. The summed E-state index contributed by atoms with van der Waals surface area (Å²) in [7, 11) is 0. The van der Waals surface area contributed by atoms with Crippen LogP contribution in [-0.4, -0.2) is 27.4 Å². The molecule has 2 aromatic carbocycles. The molecule has 0 spiro atoms. The van der Waals surface area contributed by atoms with Gasteiger partial charge in [0.05, 0.1) is 23.0 Å². The standard InChI is InChI=1S/C26H22BrFN4O2S2/c1-15-6-9-18(10-7-15)32-25(34)23-19-4-2-3-5-21(19)36-24(23)30-26(32)35-14-22(33)31-29-13-16-12-17(27)8-11-20(16)28/h6-13H,2-5,14H2,1H3,(H,31,33). The average molecular weight is 586 g/mol. The first-order chi connectivity index (χ1) is 17.4. The maximum Gasteiger partial charge on any atom is 0.267 e. The van der Waals surface area contributed by atoms with E-state index in [4.69, 9.17) is 4.98 Å². The Morgan fingerprint density at radius 1 is 1.25 bits per heavy atom. The van der Waals surface area contributed by atoms with Gasteiger partial charge in [-0.3, -0.25) is 14.2 Å². The SMILES string of the molecule is Cc1ccc(-n2c(SCC(=O)NN=Cc3cc(Br)ccc3F)nc3sc4c(c3c2=O)CCCC4)cc1. The zero-order valence-corrected chi connectivity index (χ0v) is 22.6. The molecule has 1 aliphatic rings. The quantitative estimate of drug-likeness (QED) is 0.135. The van der Waals surface area contributed by atoms with Gasteiger partial charge >= 0.3 is 0 Å². The van der Waals surface area contributed by atoms with Gasteiger partial charge in [0.25, 0.3) is 11.5 Å². The number of benzene rings is 2. The summed E-state index contributed by atoms with van der Waals surface area (Å²) in [6, 6.07) is 12.2. The molecule has 0 saturated heterocycles. The molecule has 0 saturated carbocycles. The number of carbonyl (C=O) groups is 1. The lowest BCUT2D eigenvalue weighted by molar-refractivity contribution is -0.118. The van der Waals surface area contributed by atoms with Crippen LogP contribution in [-0.2, 0) is 17.6 Å². The van der Waals surface area contributed by atoms with E-state index < -0.39 is 5.82 Å². The second-order valence-corrected chi connectivity index (χ2v) is 11.5. The lowest BCUT2D eigenvalue weighted by Gasteiger charge is -2.13. The van der Waals surface area contributed by atoms with Crippen LogP contribution in [0.5, 0.6) is 0 Å². The van der Waals surface area contributed by atoms with Crippen LogP contribution in [0.1, 0.15) is 34.4 Å². The van der Waals surface area contributed by atoms with Crippen molar-refractivity contribution in [3.05, 3.63) is 84.7 Å². The predicted molar refractivity (Wildman–Crippen MR) is 147 cm³/mol. The molecule has 0 fully saturated rings. The summed E-state index contributed by atoms with van der Waals surface area (Å²) in [5.41, 5.74) is 5.49. The number of aryl methyl sites for hydroxylation is 3. The lowest BCUT2D eigenvalue weighted by Crippen LogP contribution is -2.24. The van der Waals surface area contributed by atoms with Gasteiger partial charge in [-0.25, -0.2) is 14.8 Å². The number of hydrogen-bond acceptors (Lipinski definition) is 6. The molecule has 184 valence electrons. The first-order valence-electron chi connectivity index (χ1n) is 11.4. The van der Waals surface area contributed by atoms with E-state index in [1.807, 2.05) is 31.2 Å². The largest absolute Gasteiger partial charge is 0.272 e. The van der Waals surface area contributed by atoms with E-state index in [0.29, 0.717) is 20.7 Å². The Balaban J connectivity index is 1.43.